The van der Waals surface area contributed by atoms with Gasteiger partial charge < -0.3 is 0 Å². The largest absolute Gasteiger partial charge is 0.198 e. The first kappa shape index (κ1) is 13.6. The van der Waals surface area contributed by atoms with Crippen molar-refractivity contribution in [1.82, 2.24) is 0 Å². The maximum absolute atomic E-state index is 9.33. The number of hydrogen-bond donors (Lipinski definition) is 0. The Morgan fingerprint density at radius 1 is 0.938 bits per heavy atom. The van der Waals surface area contributed by atoms with Crippen LogP contribution in [0.25, 0.3) is 0 Å². The molecule has 0 radical (unpaired) electrons. The molecule has 1 fully saturated rings. The molecule has 1 saturated carbocycles. The van der Waals surface area contributed by atoms with Crippen LogP contribution in [0.4, 0.5) is 0 Å². The van der Waals surface area contributed by atoms with Gasteiger partial charge in [-0.05, 0) is 19.3 Å². The highest BCUT2D eigenvalue weighted by Crippen LogP contribution is 2.39. The molecule has 0 bridgehead atoms. The van der Waals surface area contributed by atoms with Gasteiger partial charge in [0.25, 0.3) is 0 Å². The van der Waals surface area contributed by atoms with Gasteiger partial charge in [-0.15, -0.1) is 0 Å². The molecule has 0 aromatic heterocycles. The van der Waals surface area contributed by atoms with E-state index >= 15 is 0 Å². The fourth-order valence-corrected chi connectivity index (χ4v) is 2.89. The zero-order valence-corrected chi connectivity index (χ0v) is 10.9. The van der Waals surface area contributed by atoms with Crippen LogP contribution in [0.5, 0.6) is 0 Å². The first-order chi connectivity index (χ1) is 7.83. The Balaban J connectivity index is 2.12. The molecule has 0 spiro atoms. The van der Waals surface area contributed by atoms with Gasteiger partial charge in [-0.25, -0.2) is 0 Å². The summed E-state index contributed by atoms with van der Waals surface area (Å²) in [6.07, 6.45) is 15.5. The second-order valence-corrected chi connectivity index (χ2v) is 5.47. The molecule has 0 saturated heterocycles. The maximum atomic E-state index is 9.33. The zero-order valence-electron chi connectivity index (χ0n) is 10.9. The molecule has 1 heteroatoms. The van der Waals surface area contributed by atoms with Crippen molar-refractivity contribution in [2.24, 2.45) is 5.41 Å². The van der Waals surface area contributed by atoms with Gasteiger partial charge in [-0.2, -0.15) is 5.26 Å². The predicted molar refractivity (Wildman–Crippen MR) is 69.1 cm³/mol. The monoisotopic (exact) mass is 221 g/mol. The molecular weight excluding hydrogens is 194 g/mol. The summed E-state index contributed by atoms with van der Waals surface area (Å²) in [6.45, 7) is 2.26. The normalized spacial score (nSPS) is 19.2. The minimum atomic E-state index is 0.0724. The summed E-state index contributed by atoms with van der Waals surface area (Å²) in [5.41, 5.74) is 0.0724. The second kappa shape index (κ2) is 7.71. The van der Waals surface area contributed by atoms with Gasteiger partial charge in [-0.1, -0.05) is 64.7 Å². The van der Waals surface area contributed by atoms with E-state index in [-0.39, 0.29) is 5.41 Å². The highest BCUT2D eigenvalue weighted by Gasteiger charge is 2.30. The minimum Gasteiger partial charge on any atom is -0.198 e. The van der Waals surface area contributed by atoms with Gasteiger partial charge in [0, 0.05) is 0 Å². The summed E-state index contributed by atoms with van der Waals surface area (Å²) in [5, 5.41) is 9.33. The van der Waals surface area contributed by atoms with E-state index in [0.717, 1.165) is 6.42 Å². The predicted octanol–water partition coefficient (Wildman–Crippen LogP) is 5.21. The first-order valence-electron chi connectivity index (χ1n) is 7.24. The molecule has 1 nitrogen and oxygen atoms in total. The second-order valence-electron chi connectivity index (χ2n) is 5.47. The Labute approximate surface area is 101 Å². The summed E-state index contributed by atoms with van der Waals surface area (Å²) in [4.78, 5) is 0. The van der Waals surface area contributed by atoms with Crippen LogP contribution in [0.1, 0.15) is 84.0 Å². The molecule has 0 unspecified atom stereocenters. The lowest BCUT2D eigenvalue weighted by molar-refractivity contribution is 0.241. The van der Waals surface area contributed by atoms with Crippen LogP contribution in [0, 0.1) is 16.7 Å². The van der Waals surface area contributed by atoms with Crippen LogP contribution >= 0.6 is 0 Å². The number of nitriles is 1. The van der Waals surface area contributed by atoms with Crippen molar-refractivity contribution in [3.05, 3.63) is 0 Å². The summed E-state index contributed by atoms with van der Waals surface area (Å²) in [7, 11) is 0. The lowest BCUT2D eigenvalue weighted by Crippen LogP contribution is -2.21. The SMILES string of the molecule is CCCCCCCCC1(C#N)CCCCC1. The van der Waals surface area contributed by atoms with Gasteiger partial charge in [0.1, 0.15) is 0 Å². The van der Waals surface area contributed by atoms with Crippen molar-refractivity contribution in [2.45, 2.75) is 84.0 Å². The number of hydrogen-bond acceptors (Lipinski definition) is 1. The Bertz CT molecular complexity index is 208. The molecule has 0 aromatic carbocycles. The van der Waals surface area contributed by atoms with Gasteiger partial charge in [0.05, 0.1) is 11.5 Å². The van der Waals surface area contributed by atoms with Gasteiger partial charge >= 0.3 is 0 Å². The average molecular weight is 221 g/mol. The van der Waals surface area contributed by atoms with E-state index in [2.05, 4.69) is 13.0 Å². The van der Waals surface area contributed by atoms with Gasteiger partial charge in [0.2, 0.25) is 0 Å². The van der Waals surface area contributed by atoms with E-state index in [4.69, 9.17) is 0 Å². The molecule has 0 aromatic rings. The van der Waals surface area contributed by atoms with Crippen molar-refractivity contribution in [3.63, 3.8) is 0 Å². The lowest BCUT2D eigenvalue weighted by Gasteiger charge is -2.30. The molecule has 0 aliphatic heterocycles. The first-order valence-corrected chi connectivity index (χ1v) is 7.24. The highest BCUT2D eigenvalue weighted by molar-refractivity contribution is 5.00. The summed E-state index contributed by atoms with van der Waals surface area (Å²) < 4.78 is 0. The van der Waals surface area contributed by atoms with Crippen LogP contribution in [-0.2, 0) is 0 Å². The van der Waals surface area contributed by atoms with Gasteiger partial charge in [-0.3, -0.25) is 0 Å². The lowest BCUT2D eigenvalue weighted by atomic mass is 9.72. The molecule has 0 heterocycles. The third kappa shape index (κ3) is 4.56. The van der Waals surface area contributed by atoms with Crippen molar-refractivity contribution in [2.75, 3.05) is 0 Å². The zero-order chi connectivity index (χ0) is 11.7. The quantitative estimate of drug-likeness (QED) is 0.541. The van der Waals surface area contributed by atoms with Crippen LogP contribution in [0.3, 0.4) is 0 Å². The molecular formula is C15H27N. The highest BCUT2D eigenvalue weighted by atomic mass is 14.4. The Hall–Kier alpha value is -0.510. The van der Waals surface area contributed by atoms with E-state index in [1.165, 1.54) is 70.6 Å². The fourth-order valence-electron chi connectivity index (χ4n) is 2.89. The molecule has 16 heavy (non-hydrogen) atoms. The van der Waals surface area contributed by atoms with Crippen LogP contribution in [0.2, 0.25) is 0 Å². The van der Waals surface area contributed by atoms with Crippen LogP contribution in [-0.4, -0.2) is 0 Å². The van der Waals surface area contributed by atoms with Gasteiger partial charge in [0.15, 0.2) is 0 Å². The van der Waals surface area contributed by atoms with Crippen molar-refractivity contribution < 1.29 is 0 Å². The Morgan fingerprint density at radius 3 is 2.19 bits per heavy atom. The van der Waals surface area contributed by atoms with Crippen LogP contribution < -0.4 is 0 Å². The minimum absolute atomic E-state index is 0.0724. The third-order valence-electron chi connectivity index (χ3n) is 4.06. The molecule has 1 aliphatic carbocycles. The van der Waals surface area contributed by atoms with E-state index in [1.807, 2.05) is 0 Å². The Kier molecular flexibility index (Phi) is 6.53. The number of unbranched alkanes of at least 4 members (excludes halogenated alkanes) is 5. The van der Waals surface area contributed by atoms with E-state index in [1.54, 1.807) is 0 Å². The Morgan fingerprint density at radius 2 is 1.56 bits per heavy atom. The summed E-state index contributed by atoms with van der Waals surface area (Å²) >= 11 is 0. The summed E-state index contributed by atoms with van der Waals surface area (Å²) in [6, 6.07) is 2.62. The molecule has 1 rings (SSSR count). The number of nitrogens with zero attached hydrogens (tertiary/aromatic N) is 1. The van der Waals surface area contributed by atoms with Crippen molar-refractivity contribution in [3.8, 4) is 6.07 Å². The third-order valence-corrected chi connectivity index (χ3v) is 4.06. The molecule has 0 atom stereocenters. The number of rotatable bonds is 7. The molecule has 0 amide bonds. The topological polar surface area (TPSA) is 23.8 Å². The van der Waals surface area contributed by atoms with Crippen LogP contribution in [0.15, 0.2) is 0 Å². The summed E-state index contributed by atoms with van der Waals surface area (Å²) in [5.74, 6) is 0. The van der Waals surface area contributed by atoms with E-state index < -0.39 is 0 Å². The van der Waals surface area contributed by atoms with Crippen molar-refractivity contribution in [1.29, 1.82) is 5.26 Å². The average Bonchev–Trinajstić information content (AvgIpc) is 2.35. The smallest absolute Gasteiger partial charge is 0.0689 e. The molecule has 92 valence electrons. The maximum Gasteiger partial charge on any atom is 0.0689 e. The molecule has 0 N–H and O–H groups in total. The van der Waals surface area contributed by atoms with E-state index in [0.29, 0.717) is 0 Å². The molecule has 1 aliphatic rings. The fraction of sp³-hybridized carbons (Fsp3) is 0.933. The standard InChI is InChI=1S/C15H27N/c1-2-3-4-5-6-8-11-15(14-16)12-9-7-10-13-15/h2-13H2,1H3. The van der Waals surface area contributed by atoms with E-state index in [9.17, 15) is 5.26 Å². The van der Waals surface area contributed by atoms with Crippen molar-refractivity contribution >= 4 is 0 Å².